The van der Waals surface area contributed by atoms with Crippen molar-refractivity contribution < 1.29 is 13.2 Å². The van der Waals surface area contributed by atoms with Crippen LogP contribution in [0.3, 0.4) is 0 Å². The molecule has 2 aliphatic carbocycles. The third-order valence-corrected chi connectivity index (χ3v) is 6.79. The van der Waals surface area contributed by atoms with Crippen LogP contribution in [0.4, 0.5) is 0 Å². The van der Waals surface area contributed by atoms with Gasteiger partial charge in [0.25, 0.3) is 0 Å². The molecule has 0 N–H and O–H groups in total. The Hall–Kier alpha value is -0.0900. The first-order chi connectivity index (χ1) is 6.23. The van der Waals surface area contributed by atoms with Crippen LogP contribution in [0.1, 0.15) is 33.1 Å². The molecule has 3 nitrogen and oxygen atoms in total. The maximum Gasteiger partial charge on any atom is 0.245 e. The number of hydrogen-bond acceptors (Lipinski definition) is 3. The molecule has 2 rings (SSSR count). The highest BCUT2D eigenvalue weighted by atomic mass is 35.7. The van der Waals surface area contributed by atoms with E-state index in [0.29, 0.717) is 12.8 Å². The van der Waals surface area contributed by atoms with Crippen molar-refractivity contribution in [3.63, 3.8) is 0 Å². The van der Waals surface area contributed by atoms with Crippen LogP contribution in [0.5, 0.6) is 0 Å². The lowest BCUT2D eigenvalue weighted by Gasteiger charge is -2.32. The number of carbonyl (C=O) groups excluding carboxylic acids is 1. The summed E-state index contributed by atoms with van der Waals surface area (Å²) in [7, 11) is 1.65. The molecular weight excluding hydrogens is 224 g/mol. The Morgan fingerprint density at radius 2 is 2.00 bits per heavy atom. The molecule has 1 unspecified atom stereocenters. The Morgan fingerprint density at radius 1 is 1.43 bits per heavy atom. The molecule has 14 heavy (non-hydrogen) atoms. The number of rotatable bonds is 1. The van der Waals surface area contributed by atoms with Gasteiger partial charge in [-0.25, -0.2) is 8.42 Å². The molecule has 2 aliphatic rings. The van der Waals surface area contributed by atoms with Gasteiger partial charge in [-0.3, -0.25) is 4.79 Å². The van der Waals surface area contributed by atoms with Crippen LogP contribution in [0.25, 0.3) is 0 Å². The van der Waals surface area contributed by atoms with Gasteiger partial charge in [0.2, 0.25) is 9.05 Å². The number of fused-ring (bicyclic) bond motifs is 2. The second kappa shape index (κ2) is 2.53. The summed E-state index contributed by atoms with van der Waals surface area (Å²) >= 11 is 0. The molecule has 0 aromatic rings. The SMILES string of the molecule is CC1(C)[C@@H]2CCC1(S(=O)(=O)Cl)C(=O)C2. The lowest BCUT2D eigenvalue weighted by molar-refractivity contribution is -0.121. The van der Waals surface area contributed by atoms with E-state index in [-0.39, 0.29) is 11.7 Å². The summed E-state index contributed by atoms with van der Waals surface area (Å²) in [5, 5.41) is 0. The van der Waals surface area contributed by atoms with Crippen molar-refractivity contribution in [2.75, 3.05) is 0 Å². The molecule has 0 aliphatic heterocycles. The van der Waals surface area contributed by atoms with E-state index in [1.54, 1.807) is 0 Å². The van der Waals surface area contributed by atoms with Gasteiger partial charge in [-0.15, -0.1) is 0 Å². The molecule has 5 heteroatoms. The predicted molar refractivity (Wildman–Crippen MR) is 53.6 cm³/mol. The van der Waals surface area contributed by atoms with E-state index in [9.17, 15) is 13.2 Å². The number of ketones is 1. The molecule has 0 saturated heterocycles. The van der Waals surface area contributed by atoms with Crippen molar-refractivity contribution >= 4 is 25.5 Å². The molecular formula is C9H13ClO3S. The summed E-state index contributed by atoms with van der Waals surface area (Å²) in [4.78, 5) is 11.8. The van der Waals surface area contributed by atoms with Crippen molar-refractivity contribution in [1.82, 2.24) is 0 Å². The largest absolute Gasteiger partial charge is 0.298 e. The van der Waals surface area contributed by atoms with Gasteiger partial charge < -0.3 is 0 Å². The monoisotopic (exact) mass is 236 g/mol. The standard InChI is InChI=1S/C9H13ClO3S/c1-8(2)6-3-4-9(8,7(11)5-6)14(10,12)13/h6H,3-5H2,1-2H3/t6-,9?/m1/s1. The number of halogens is 1. The maximum atomic E-state index is 11.8. The highest BCUT2D eigenvalue weighted by Gasteiger charge is 2.70. The van der Waals surface area contributed by atoms with E-state index >= 15 is 0 Å². The molecule has 2 fully saturated rings. The van der Waals surface area contributed by atoms with Crippen LogP contribution in [0.2, 0.25) is 0 Å². The van der Waals surface area contributed by atoms with Crippen molar-refractivity contribution in [3.05, 3.63) is 0 Å². The van der Waals surface area contributed by atoms with Gasteiger partial charge in [-0.05, 0) is 24.2 Å². The smallest absolute Gasteiger partial charge is 0.245 e. The van der Waals surface area contributed by atoms with Gasteiger partial charge in [0.15, 0.2) is 10.5 Å². The van der Waals surface area contributed by atoms with Crippen LogP contribution in [0, 0.1) is 11.3 Å². The summed E-state index contributed by atoms with van der Waals surface area (Å²) < 4.78 is 21.9. The molecule has 0 spiro atoms. The fourth-order valence-corrected chi connectivity index (χ4v) is 5.81. The van der Waals surface area contributed by atoms with E-state index < -0.39 is 19.2 Å². The molecule has 2 bridgehead atoms. The third-order valence-electron chi connectivity index (χ3n) is 4.20. The minimum absolute atomic E-state index is 0.184. The summed E-state index contributed by atoms with van der Waals surface area (Å²) in [6, 6.07) is 0. The average molecular weight is 237 g/mol. The Morgan fingerprint density at radius 3 is 2.21 bits per heavy atom. The highest BCUT2D eigenvalue weighted by Crippen LogP contribution is 2.62. The molecule has 0 heterocycles. The highest BCUT2D eigenvalue weighted by molar-refractivity contribution is 8.15. The Kier molecular flexibility index (Phi) is 1.88. The van der Waals surface area contributed by atoms with Gasteiger partial charge >= 0.3 is 0 Å². The first-order valence-electron chi connectivity index (χ1n) is 4.71. The van der Waals surface area contributed by atoms with Crippen molar-refractivity contribution in [1.29, 1.82) is 0 Å². The molecule has 0 aromatic heterocycles. The van der Waals surface area contributed by atoms with Gasteiger partial charge in [-0.2, -0.15) is 0 Å². The molecule has 2 atom stereocenters. The van der Waals surface area contributed by atoms with E-state index in [0.717, 1.165) is 6.42 Å². The molecule has 0 aromatic carbocycles. The third kappa shape index (κ3) is 0.890. The second-order valence-electron chi connectivity index (χ2n) is 4.85. The average Bonchev–Trinajstić information content (AvgIpc) is 2.34. The lowest BCUT2D eigenvalue weighted by Crippen LogP contribution is -2.48. The zero-order valence-corrected chi connectivity index (χ0v) is 9.78. The fraction of sp³-hybridized carbons (Fsp3) is 0.889. The normalized spacial score (nSPS) is 40.5. The Balaban J connectivity index is 2.68. The molecule has 0 radical (unpaired) electrons. The van der Waals surface area contributed by atoms with Gasteiger partial charge in [0.05, 0.1) is 0 Å². The lowest BCUT2D eigenvalue weighted by atomic mass is 9.81. The maximum absolute atomic E-state index is 11.8. The number of hydrogen-bond donors (Lipinski definition) is 0. The topological polar surface area (TPSA) is 51.2 Å². The number of Topliss-reactive ketones (excluding diaryl/α,β-unsaturated/α-hetero) is 1. The van der Waals surface area contributed by atoms with E-state index in [4.69, 9.17) is 10.7 Å². The van der Waals surface area contributed by atoms with Crippen LogP contribution in [0.15, 0.2) is 0 Å². The van der Waals surface area contributed by atoms with Crippen LogP contribution in [-0.4, -0.2) is 18.9 Å². The Labute approximate surface area is 88.2 Å². The van der Waals surface area contributed by atoms with Gasteiger partial charge in [-0.1, -0.05) is 13.8 Å². The fourth-order valence-electron chi connectivity index (χ4n) is 3.21. The van der Waals surface area contributed by atoms with E-state index in [1.807, 2.05) is 13.8 Å². The van der Waals surface area contributed by atoms with Crippen LogP contribution >= 0.6 is 10.7 Å². The first kappa shape index (κ1) is 10.4. The Bertz CT molecular complexity index is 398. The molecule has 80 valence electrons. The molecule has 0 amide bonds. The zero-order valence-electron chi connectivity index (χ0n) is 8.21. The minimum atomic E-state index is -3.81. The summed E-state index contributed by atoms with van der Waals surface area (Å²) in [6.07, 6.45) is 1.57. The molecule has 2 saturated carbocycles. The predicted octanol–water partition coefficient (Wildman–Crippen LogP) is 1.70. The first-order valence-corrected chi connectivity index (χ1v) is 7.02. The quantitative estimate of drug-likeness (QED) is 0.652. The van der Waals surface area contributed by atoms with Crippen LogP contribution < -0.4 is 0 Å². The van der Waals surface area contributed by atoms with E-state index in [2.05, 4.69) is 0 Å². The second-order valence-corrected chi connectivity index (χ2v) is 7.64. The van der Waals surface area contributed by atoms with Crippen LogP contribution in [-0.2, 0) is 13.8 Å². The summed E-state index contributed by atoms with van der Waals surface area (Å²) in [5.74, 6) is -0.00252. The van der Waals surface area contributed by atoms with Crippen molar-refractivity contribution in [2.45, 2.75) is 37.9 Å². The van der Waals surface area contributed by atoms with Gasteiger partial charge in [0.1, 0.15) is 0 Å². The minimum Gasteiger partial charge on any atom is -0.298 e. The van der Waals surface area contributed by atoms with Gasteiger partial charge in [0, 0.05) is 17.1 Å². The zero-order chi connectivity index (χ0) is 10.8. The van der Waals surface area contributed by atoms with Crippen molar-refractivity contribution in [3.8, 4) is 0 Å². The van der Waals surface area contributed by atoms with Crippen molar-refractivity contribution in [2.24, 2.45) is 11.3 Å². The number of carbonyl (C=O) groups is 1. The summed E-state index contributed by atoms with van der Waals surface area (Å²) in [5.41, 5.74) is -0.495. The summed E-state index contributed by atoms with van der Waals surface area (Å²) in [6.45, 7) is 3.69. The van der Waals surface area contributed by atoms with E-state index in [1.165, 1.54) is 0 Å².